The zero-order valence-corrected chi connectivity index (χ0v) is 18.7. The number of aliphatic hydroxyl groups is 4. The fraction of sp³-hybridized carbons (Fsp3) is 0.240. The molecule has 2 aromatic rings. The van der Waals surface area contributed by atoms with Crippen molar-refractivity contribution in [1.82, 2.24) is 0 Å². The van der Waals surface area contributed by atoms with Gasteiger partial charge in [0.2, 0.25) is 0 Å². The van der Waals surface area contributed by atoms with Gasteiger partial charge in [-0.05, 0) is 35.4 Å². The van der Waals surface area contributed by atoms with Crippen LogP contribution in [0.5, 0.6) is 11.5 Å². The molecular weight excluding hydrogens is 476 g/mol. The van der Waals surface area contributed by atoms with Crippen LogP contribution in [0.3, 0.4) is 0 Å². The fourth-order valence-corrected chi connectivity index (χ4v) is 3.56. The number of aliphatic carboxylic acids is 2. The van der Waals surface area contributed by atoms with Crippen molar-refractivity contribution in [1.29, 1.82) is 0 Å². The van der Waals surface area contributed by atoms with Gasteiger partial charge in [0.15, 0.2) is 22.9 Å². The molecule has 1 saturated carbocycles. The number of hydrogen-bond acceptors (Lipinski definition) is 9. The molecule has 1 fully saturated rings. The first-order chi connectivity index (χ1) is 16.9. The Balaban J connectivity index is 0.000000346. The van der Waals surface area contributed by atoms with Crippen molar-refractivity contribution in [3.05, 3.63) is 71.8 Å². The predicted molar refractivity (Wildman–Crippen MR) is 126 cm³/mol. The monoisotopic (exact) mass is 502 g/mol. The highest BCUT2D eigenvalue weighted by Crippen LogP contribution is 2.36. The SMILES string of the molecule is O=C(/C=C/c1ccc(O)c(O)c1)C1[C@@H](O)C(O)[C@H](O)CC1(O)C(=O)O.O=C(O)/C=C/c1ccccc1. The van der Waals surface area contributed by atoms with E-state index in [0.29, 0.717) is 0 Å². The number of carbonyl (C=O) groups excluding carboxylic acids is 1. The Morgan fingerprint density at radius 3 is 1.97 bits per heavy atom. The van der Waals surface area contributed by atoms with Crippen LogP contribution in [-0.2, 0) is 14.4 Å². The number of ketones is 1. The number of allylic oxidation sites excluding steroid dienone is 1. The highest BCUT2D eigenvalue weighted by atomic mass is 16.4. The lowest BCUT2D eigenvalue weighted by atomic mass is 9.69. The number of phenols is 2. The van der Waals surface area contributed by atoms with Crippen molar-refractivity contribution in [3.63, 3.8) is 0 Å². The topological polar surface area (TPSA) is 213 Å². The second kappa shape index (κ2) is 12.1. The molecule has 0 aliphatic heterocycles. The van der Waals surface area contributed by atoms with Crippen molar-refractivity contribution in [2.45, 2.75) is 30.3 Å². The molecule has 8 N–H and O–H groups in total. The largest absolute Gasteiger partial charge is 0.504 e. The van der Waals surface area contributed by atoms with E-state index in [0.717, 1.165) is 23.8 Å². The zero-order chi connectivity index (χ0) is 27.0. The van der Waals surface area contributed by atoms with Crippen LogP contribution in [0, 0.1) is 5.92 Å². The van der Waals surface area contributed by atoms with E-state index in [4.69, 9.17) is 5.11 Å². The van der Waals surface area contributed by atoms with E-state index in [1.54, 1.807) is 6.08 Å². The molecule has 3 unspecified atom stereocenters. The number of phenolic OH excluding ortho intramolecular Hbond substituents is 2. The minimum Gasteiger partial charge on any atom is -0.504 e. The molecule has 11 heteroatoms. The van der Waals surface area contributed by atoms with E-state index < -0.39 is 59.7 Å². The zero-order valence-electron chi connectivity index (χ0n) is 18.7. The predicted octanol–water partition coefficient (Wildman–Crippen LogP) is 0.383. The number of hydrogen-bond donors (Lipinski definition) is 8. The molecule has 1 aliphatic rings. The summed E-state index contributed by atoms with van der Waals surface area (Å²) < 4.78 is 0. The van der Waals surface area contributed by atoms with E-state index in [2.05, 4.69) is 0 Å². The maximum atomic E-state index is 12.3. The van der Waals surface area contributed by atoms with E-state index >= 15 is 0 Å². The normalized spacial score (nSPS) is 25.8. The molecule has 36 heavy (non-hydrogen) atoms. The van der Waals surface area contributed by atoms with E-state index in [1.807, 2.05) is 30.3 Å². The Morgan fingerprint density at radius 2 is 1.42 bits per heavy atom. The van der Waals surface area contributed by atoms with E-state index in [1.165, 1.54) is 18.2 Å². The first-order valence-electron chi connectivity index (χ1n) is 10.6. The van der Waals surface area contributed by atoms with Gasteiger partial charge in [-0.25, -0.2) is 9.59 Å². The molecule has 0 saturated heterocycles. The number of carboxylic acid groups (broad SMARTS) is 2. The molecule has 11 nitrogen and oxygen atoms in total. The summed E-state index contributed by atoms with van der Waals surface area (Å²) >= 11 is 0. The Hall–Kier alpha value is -4.03. The number of rotatable bonds is 6. The van der Waals surface area contributed by atoms with Crippen molar-refractivity contribution in [2.75, 3.05) is 0 Å². The fourth-order valence-electron chi connectivity index (χ4n) is 3.56. The summed E-state index contributed by atoms with van der Waals surface area (Å²) in [5.41, 5.74) is -1.57. The smallest absolute Gasteiger partial charge is 0.336 e. The summed E-state index contributed by atoms with van der Waals surface area (Å²) in [6.45, 7) is 0. The summed E-state index contributed by atoms with van der Waals surface area (Å²) in [6, 6.07) is 13.0. The van der Waals surface area contributed by atoms with Crippen LogP contribution in [0.4, 0.5) is 0 Å². The summed E-state index contributed by atoms with van der Waals surface area (Å²) in [7, 11) is 0. The third-order valence-corrected chi connectivity index (χ3v) is 5.45. The number of aromatic hydroxyl groups is 2. The van der Waals surface area contributed by atoms with Gasteiger partial charge in [-0.3, -0.25) is 4.79 Å². The van der Waals surface area contributed by atoms with Gasteiger partial charge in [0.25, 0.3) is 0 Å². The molecule has 0 radical (unpaired) electrons. The van der Waals surface area contributed by atoms with Gasteiger partial charge in [-0.15, -0.1) is 0 Å². The molecule has 0 spiro atoms. The first kappa shape index (κ1) is 28.2. The minimum atomic E-state index is -2.75. The molecule has 0 heterocycles. The Kier molecular flexibility index (Phi) is 9.47. The number of aliphatic hydroxyl groups excluding tert-OH is 3. The highest BCUT2D eigenvalue weighted by Gasteiger charge is 2.58. The van der Waals surface area contributed by atoms with E-state index in [-0.39, 0.29) is 11.3 Å². The van der Waals surface area contributed by atoms with Gasteiger partial charge in [-0.1, -0.05) is 42.5 Å². The number of benzene rings is 2. The van der Waals surface area contributed by atoms with Crippen molar-refractivity contribution in [3.8, 4) is 11.5 Å². The number of carboxylic acids is 2. The van der Waals surface area contributed by atoms with Gasteiger partial charge >= 0.3 is 11.9 Å². The summed E-state index contributed by atoms with van der Waals surface area (Å²) in [5.74, 6) is -6.43. The van der Waals surface area contributed by atoms with Gasteiger partial charge < -0.3 is 40.9 Å². The van der Waals surface area contributed by atoms with Gasteiger partial charge in [0.05, 0.1) is 18.1 Å². The maximum absolute atomic E-state index is 12.3. The molecule has 5 atom stereocenters. The molecule has 0 aromatic heterocycles. The molecule has 0 bridgehead atoms. The quantitative estimate of drug-likeness (QED) is 0.200. The summed E-state index contributed by atoms with van der Waals surface area (Å²) in [6.07, 6.45) is -1.60. The van der Waals surface area contributed by atoms with Crippen LogP contribution >= 0.6 is 0 Å². The van der Waals surface area contributed by atoms with Crippen LogP contribution in [-0.4, -0.2) is 82.5 Å². The Morgan fingerprint density at radius 1 is 0.806 bits per heavy atom. The second-order valence-corrected chi connectivity index (χ2v) is 8.03. The van der Waals surface area contributed by atoms with Crippen LogP contribution < -0.4 is 0 Å². The van der Waals surface area contributed by atoms with Crippen LogP contribution in [0.25, 0.3) is 12.2 Å². The maximum Gasteiger partial charge on any atom is 0.336 e. The van der Waals surface area contributed by atoms with Crippen molar-refractivity contribution >= 4 is 29.9 Å². The van der Waals surface area contributed by atoms with Crippen molar-refractivity contribution < 1.29 is 55.2 Å². The van der Waals surface area contributed by atoms with Crippen LogP contribution in [0.15, 0.2) is 60.7 Å². The molecule has 1 aliphatic carbocycles. The summed E-state index contributed by atoms with van der Waals surface area (Å²) in [5, 5.41) is 75.6. The molecule has 192 valence electrons. The molecule has 3 rings (SSSR count). The Labute approximate surface area is 205 Å². The first-order valence-corrected chi connectivity index (χ1v) is 10.6. The third-order valence-electron chi connectivity index (χ3n) is 5.45. The molecule has 2 aromatic carbocycles. The standard InChI is InChI=1S/C16H18O9.C9H8O2/c17-8-3-1-7(5-10(8)19)2-4-9(18)12-14(22)13(21)11(20)6-16(12,25)15(23)24;10-9(11)7-6-8-4-2-1-3-5-8/h1-5,11-14,17,19-22,25H,6H2,(H,23,24);1-7H,(H,10,11)/b4-2+;7-6+/t11-,12?,13?,14-,16?;/m1./s1. The van der Waals surface area contributed by atoms with Crippen LogP contribution in [0.1, 0.15) is 17.5 Å². The molecule has 0 amide bonds. The number of carbonyl (C=O) groups is 3. The highest BCUT2D eigenvalue weighted by molar-refractivity contribution is 6.00. The second-order valence-electron chi connectivity index (χ2n) is 8.03. The van der Waals surface area contributed by atoms with Gasteiger partial charge in [0.1, 0.15) is 6.10 Å². The lowest BCUT2D eigenvalue weighted by Gasteiger charge is -2.43. The average Bonchev–Trinajstić information content (AvgIpc) is 2.83. The Bertz CT molecular complexity index is 1140. The van der Waals surface area contributed by atoms with Crippen molar-refractivity contribution in [2.24, 2.45) is 5.92 Å². The lowest BCUT2D eigenvalue weighted by molar-refractivity contribution is -0.207. The van der Waals surface area contributed by atoms with E-state index in [9.17, 15) is 50.1 Å². The van der Waals surface area contributed by atoms with Gasteiger partial charge in [0, 0.05) is 12.5 Å². The third kappa shape index (κ3) is 6.99. The summed E-state index contributed by atoms with van der Waals surface area (Å²) in [4.78, 5) is 33.8. The minimum absolute atomic E-state index is 0.286. The van der Waals surface area contributed by atoms with Crippen LogP contribution in [0.2, 0.25) is 0 Å². The van der Waals surface area contributed by atoms with Gasteiger partial charge in [-0.2, -0.15) is 0 Å². The average molecular weight is 502 g/mol. The lowest BCUT2D eigenvalue weighted by Crippen LogP contribution is -2.64. The molecular formula is C25H26O11.